The Balaban J connectivity index is 1.91. The maximum atomic E-state index is 13.5. The third kappa shape index (κ3) is 2.75. The third-order valence-corrected chi connectivity index (χ3v) is 5.75. The van der Waals surface area contributed by atoms with E-state index < -0.39 is 5.41 Å². The summed E-state index contributed by atoms with van der Waals surface area (Å²) in [5, 5.41) is 0. The summed E-state index contributed by atoms with van der Waals surface area (Å²) in [6.07, 6.45) is 2.16. The minimum absolute atomic E-state index is 0.0780. The van der Waals surface area contributed by atoms with Crippen molar-refractivity contribution in [2.45, 2.75) is 5.41 Å². The minimum Gasteiger partial charge on any atom is -0.289 e. The molecule has 1 nitrogen and oxygen atoms in total. The zero-order valence-electron chi connectivity index (χ0n) is 16.0. The molecule has 1 aliphatic rings. The second kappa shape index (κ2) is 7.03. The highest BCUT2D eigenvalue weighted by Gasteiger charge is 2.41. The molecule has 0 spiro atoms. The minimum atomic E-state index is -0.530. The Kier molecular flexibility index (Phi) is 4.22. The van der Waals surface area contributed by atoms with E-state index in [1.165, 1.54) is 0 Å². The van der Waals surface area contributed by atoms with Crippen molar-refractivity contribution in [2.24, 2.45) is 0 Å². The molecule has 0 unspecified atom stereocenters. The molecule has 1 aliphatic carbocycles. The summed E-state index contributed by atoms with van der Waals surface area (Å²) in [6, 6.07) is 38.9. The first-order valence-electron chi connectivity index (χ1n) is 9.84. The number of allylic oxidation sites excluding steroid dienone is 2. The highest BCUT2D eigenvalue weighted by Crippen LogP contribution is 2.47. The smallest absolute Gasteiger partial charge is 0.193 e. The maximum Gasteiger partial charge on any atom is 0.193 e. The van der Waals surface area contributed by atoms with Crippen LogP contribution in [0.3, 0.4) is 0 Å². The molecule has 29 heavy (non-hydrogen) atoms. The van der Waals surface area contributed by atoms with E-state index in [9.17, 15) is 4.79 Å². The van der Waals surface area contributed by atoms with Gasteiger partial charge < -0.3 is 0 Å². The molecule has 0 atom stereocenters. The van der Waals surface area contributed by atoms with Crippen molar-refractivity contribution >= 4 is 11.4 Å². The summed E-state index contributed by atoms with van der Waals surface area (Å²) >= 11 is 0. The maximum absolute atomic E-state index is 13.5. The molecule has 138 valence electrons. The Morgan fingerprint density at radius 3 is 1.59 bits per heavy atom. The molecule has 0 bridgehead atoms. The van der Waals surface area contributed by atoms with Crippen LogP contribution in [-0.2, 0) is 5.41 Å². The number of hydrogen-bond acceptors (Lipinski definition) is 1. The van der Waals surface area contributed by atoms with E-state index in [4.69, 9.17) is 0 Å². The van der Waals surface area contributed by atoms with Crippen molar-refractivity contribution < 1.29 is 4.79 Å². The monoisotopic (exact) mass is 372 g/mol. The van der Waals surface area contributed by atoms with Gasteiger partial charge in [-0.3, -0.25) is 4.79 Å². The molecule has 0 heterocycles. The number of carbonyl (C=O) groups excluding carboxylic acids is 1. The van der Waals surface area contributed by atoms with Gasteiger partial charge in [-0.2, -0.15) is 0 Å². The molecular formula is C28H20O. The molecule has 5 rings (SSSR count). The Morgan fingerprint density at radius 1 is 0.517 bits per heavy atom. The molecule has 0 amide bonds. The van der Waals surface area contributed by atoms with Crippen molar-refractivity contribution in [1.29, 1.82) is 0 Å². The van der Waals surface area contributed by atoms with Gasteiger partial charge in [0, 0.05) is 11.1 Å². The molecule has 4 aromatic rings. The summed E-state index contributed by atoms with van der Waals surface area (Å²) in [7, 11) is 0. The van der Waals surface area contributed by atoms with E-state index in [0.717, 1.165) is 33.4 Å². The van der Waals surface area contributed by atoms with Gasteiger partial charge in [-0.15, -0.1) is 0 Å². The quantitative estimate of drug-likeness (QED) is 0.412. The summed E-state index contributed by atoms with van der Waals surface area (Å²) < 4.78 is 0. The van der Waals surface area contributed by atoms with Gasteiger partial charge in [-0.25, -0.2) is 0 Å². The zero-order valence-corrected chi connectivity index (χ0v) is 16.0. The van der Waals surface area contributed by atoms with Crippen LogP contribution in [0.4, 0.5) is 0 Å². The molecule has 0 saturated carbocycles. The van der Waals surface area contributed by atoms with Crippen molar-refractivity contribution in [1.82, 2.24) is 0 Å². The van der Waals surface area contributed by atoms with E-state index in [1.54, 1.807) is 0 Å². The van der Waals surface area contributed by atoms with Crippen molar-refractivity contribution in [2.75, 3.05) is 0 Å². The predicted octanol–water partition coefficient (Wildman–Crippen LogP) is 6.30. The number of ketones is 1. The first-order chi connectivity index (χ1) is 14.3. The van der Waals surface area contributed by atoms with Crippen LogP contribution in [0.25, 0.3) is 5.57 Å². The highest BCUT2D eigenvalue weighted by atomic mass is 16.1. The van der Waals surface area contributed by atoms with E-state index in [-0.39, 0.29) is 5.78 Å². The van der Waals surface area contributed by atoms with Gasteiger partial charge in [0.1, 0.15) is 0 Å². The van der Waals surface area contributed by atoms with Crippen LogP contribution in [0, 0.1) is 0 Å². The lowest BCUT2D eigenvalue weighted by atomic mass is 9.63. The predicted molar refractivity (Wildman–Crippen MR) is 118 cm³/mol. The zero-order chi connectivity index (χ0) is 19.7. The van der Waals surface area contributed by atoms with Crippen LogP contribution >= 0.6 is 0 Å². The second-order valence-electron chi connectivity index (χ2n) is 7.34. The molecular weight excluding hydrogens is 352 g/mol. The number of rotatable bonds is 3. The van der Waals surface area contributed by atoms with Crippen LogP contribution in [0.1, 0.15) is 32.6 Å². The number of fused-ring (bicyclic) bond motifs is 1. The largest absolute Gasteiger partial charge is 0.289 e. The Morgan fingerprint density at radius 2 is 1.00 bits per heavy atom. The lowest BCUT2D eigenvalue weighted by Crippen LogP contribution is -2.33. The normalized spacial score (nSPS) is 14.8. The van der Waals surface area contributed by atoms with Gasteiger partial charge in [0.2, 0.25) is 0 Å². The number of Topliss-reactive ketones (excluding diaryl/α,β-unsaturated/α-hetero) is 1. The fraction of sp³-hybridized carbons (Fsp3) is 0.0357. The Labute approximate surface area is 171 Å². The molecule has 0 saturated heterocycles. The van der Waals surface area contributed by atoms with Crippen LogP contribution in [0.5, 0.6) is 0 Å². The van der Waals surface area contributed by atoms with Gasteiger partial charge in [0.15, 0.2) is 5.78 Å². The first-order valence-corrected chi connectivity index (χ1v) is 9.84. The number of hydrogen-bond donors (Lipinski definition) is 0. The average Bonchev–Trinajstić information content (AvgIpc) is 2.81. The second-order valence-corrected chi connectivity index (χ2v) is 7.34. The topological polar surface area (TPSA) is 17.1 Å². The van der Waals surface area contributed by atoms with Crippen LogP contribution in [-0.4, -0.2) is 5.78 Å². The number of benzene rings is 4. The lowest BCUT2D eigenvalue weighted by molar-refractivity contribution is 0.105. The lowest BCUT2D eigenvalue weighted by Gasteiger charge is -2.38. The van der Waals surface area contributed by atoms with E-state index >= 15 is 0 Å². The molecule has 0 aromatic heterocycles. The summed E-state index contributed by atoms with van der Waals surface area (Å²) in [4.78, 5) is 13.5. The van der Waals surface area contributed by atoms with Gasteiger partial charge in [0.25, 0.3) is 0 Å². The summed E-state index contributed by atoms with van der Waals surface area (Å²) in [5.41, 5.74) is 5.26. The van der Waals surface area contributed by atoms with Gasteiger partial charge in [-0.05, 0) is 22.3 Å². The van der Waals surface area contributed by atoms with Gasteiger partial charge >= 0.3 is 0 Å². The molecule has 4 aromatic carbocycles. The van der Waals surface area contributed by atoms with E-state index in [2.05, 4.69) is 60.7 Å². The molecule has 0 fully saturated rings. The van der Waals surface area contributed by atoms with E-state index in [1.807, 2.05) is 60.7 Å². The van der Waals surface area contributed by atoms with Crippen LogP contribution in [0.2, 0.25) is 0 Å². The standard InChI is InChI=1S/C28H20O/c29-27-24-18-10-11-19-26(24)28(22-14-6-2-7-15-22,23-16-8-3-9-17-23)20-25(27)21-12-4-1-5-13-21/h1-20H. The molecule has 1 heteroatoms. The SMILES string of the molecule is O=C1C(c2ccccc2)=CC(c2ccccc2)(c2ccccc2)c2ccccc21. The van der Waals surface area contributed by atoms with E-state index in [0.29, 0.717) is 0 Å². The molecule has 0 radical (unpaired) electrons. The highest BCUT2D eigenvalue weighted by molar-refractivity contribution is 6.31. The Bertz CT molecular complexity index is 1150. The summed E-state index contributed by atoms with van der Waals surface area (Å²) in [5.74, 6) is 0.0780. The average molecular weight is 372 g/mol. The fourth-order valence-corrected chi connectivity index (χ4v) is 4.41. The van der Waals surface area contributed by atoms with Crippen LogP contribution in [0.15, 0.2) is 121 Å². The molecule has 0 N–H and O–H groups in total. The summed E-state index contributed by atoms with van der Waals surface area (Å²) in [6.45, 7) is 0. The third-order valence-electron chi connectivity index (χ3n) is 5.75. The fourth-order valence-electron chi connectivity index (χ4n) is 4.41. The van der Waals surface area contributed by atoms with Gasteiger partial charge in [0.05, 0.1) is 5.41 Å². The van der Waals surface area contributed by atoms with Crippen molar-refractivity contribution in [3.63, 3.8) is 0 Å². The van der Waals surface area contributed by atoms with Gasteiger partial charge in [-0.1, -0.05) is 121 Å². The van der Waals surface area contributed by atoms with Crippen molar-refractivity contribution in [3.8, 4) is 0 Å². The van der Waals surface area contributed by atoms with Crippen molar-refractivity contribution in [3.05, 3.63) is 149 Å². The van der Waals surface area contributed by atoms with Crippen LogP contribution < -0.4 is 0 Å². The number of carbonyl (C=O) groups is 1. The Hall–Kier alpha value is -3.71. The molecule has 0 aliphatic heterocycles. The first kappa shape index (κ1) is 17.4.